The van der Waals surface area contributed by atoms with Gasteiger partial charge in [0, 0.05) is 23.4 Å². The van der Waals surface area contributed by atoms with Gasteiger partial charge in [0.25, 0.3) is 0 Å². The lowest BCUT2D eigenvalue weighted by atomic mass is 10.0. The van der Waals surface area contributed by atoms with Crippen molar-refractivity contribution in [3.8, 4) is 0 Å². The SMILES string of the molecule is CCC(=O)NCC1CCc2cc(Br)ccc21. The summed E-state index contributed by atoms with van der Waals surface area (Å²) in [6, 6.07) is 6.45. The zero-order valence-corrected chi connectivity index (χ0v) is 11.0. The molecule has 2 rings (SSSR count). The smallest absolute Gasteiger partial charge is 0.219 e. The summed E-state index contributed by atoms with van der Waals surface area (Å²) < 4.78 is 1.14. The van der Waals surface area contributed by atoms with E-state index in [2.05, 4.69) is 39.4 Å². The Morgan fingerprint density at radius 1 is 1.56 bits per heavy atom. The molecular weight excluding hydrogens is 266 g/mol. The normalized spacial score (nSPS) is 18.2. The van der Waals surface area contributed by atoms with Crippen LogP contribution in [-0.2, 0) is 11.2 Å². The Hall–Kier alpha value is -0.830. The highest BCUT2D eigenvalue weighted by molar-refractivity contribution is 9.10. The van der Waals surface area contributed by atoms with Crippen molar-refractivity contribution >= 4 is 21.8 Å². The number of hydrogen-bond donors (Lipinski definition) is 1. The van der Waals surface area contributed by atoms with E-state index in [-0.39, 0.29) is 5.91 Å². The second-order valence-electron chi connectivity index (χ2n) is 4.24. The van der Waals surface area contributed by atoms with Crippen LogP contribution in [0.5, 0.6) is 0 Å². The maximum atomic E-state index is 11.2. The van der Waals surface area contributed by atoms with E-state index in [1.165, 1.54) is 11.1 Å². The Bertz CT molecular complexity index is 403. The van der Waals surface area contributed by atoms with E-state index in [0.29, 0.717) is 12.3 Å². The summed E-state index contributed by atoms with van der Waals surface area (Å²) in [5.74, 6) is 0.643. The van der Waals surface area contributed by atoms with Crippen LogP contribution in [0, 0.1) is 0 Å². The molecule has 0 bridgehead atoms. The first-order chi connectivity index (χ1) is 7.70. The van der Waals surface area contributed by atoms with E-state index in [1.807, 2.05) is 6.92 Å². The van der Waals surface area contributed by atoms with E-state index in [4.69, 9.17) is 0 Å². The fourth-order valence-electron chi connectivity index (χ4n) is 2.25. The predicted octanol–water partition coefficient (Wildman–Crippen LogP) is 3.01. The summed E-state index contributed by atoms with van der Waals surface area (Å²) in [5.41, 5.74) is 2.82. The molecule has 1 aromatic rings. The molecule has 0 spiro atoms. The second kappa shape index (κ2) is 5.00. The van der Waals surface area contributed by atoms with Crippen molar-refractivity contribution in [2.45, 2.75) is 32.1 Å². The van der Waals surface area contributed by atoms with Crippen molar-refractivity contribution in [1.82, 2.24) is 5.32 Å². The number of carbonyl (C=O) groups excluding carboxylic acids is 1. The second-order valence-corrected chi connectivity index (χ2v) is 5.15. The van der Waals surface area contributed by atoms with Gasteiger partial charge in [-0.2, -0.15) is 0 Å². The molecule has 1 unspecified atom stereocenters. The molecule has 0 aromatic heterocycles. The molecule has 2 nitrogen and oxygen atoms in total. The Kier molecular flexibility index (Phi) is 3.64. The first-order valence-electron chi connectivity index (χ1n) is 5.75. The summed E-state index contributed by atoms with van der Waals surface area (Å²) in [5, 5.41) is 2.98. The number of fused-ring (bicyclic) bond motifs is 1. The molecule has 0 heterocycles. The highest BCUT2D eigenvalue weighted by Crippen LogP contribution is 2.34. The van der Waals surface area contributed by atoms with Gasteiger partial charge >= 0.3 is 0 Å². The van der Waals surface area contributed by atoms with Gasteiger partial charge in [-0.15, -0.1) is 0 Å². The fraction of sp³-hybridized carbons (Fsp3) is 0.462. The molecule has 16 heavy (non-hydrogen) atoms. The summed E-state index contributed by atoms with van der Waals surface area (Å²) in [6.45, 7) is 2.66. The summed E-state index contributed by atoms with van der Waals surface area (Å²) in [7, 11) is 0. The number of aryl methyl sites for hydroxylation is 1. The molecule has 1 N–H and O–H groups in total. The van der Waals surface area contributed by atoms with Crippen LogP contribution in [0.2, 0.25) is 0 Å². The topological polar surface area (TPSA) is 29.1 Å². The van der Waals surface area contributed by atoms with Gasteiger partial charge in [0.1, 0.15) is 0 Å². The van der Waals surface area contributed by atoms with Crippen molar-refractivity contribution in [3.05, 3.63) is 33.8 Å². The van der Waals surface area contributed by atoms with Crippen molar-refractivity contribution in [2.75, 3.05) is 6.54 Å². The number of halogens is 1. The van der Waals surface area contributed by atoms with Gasteiger partial charge in [-0.1, -0.05) is 28.9 Å². The van der Waals surface area contributed by atoms with Gasteiger partial charge in [0.05, 0.1) is 0 Å². The molecule has 86 valence electrons. The summed E-state index contributed by atoms with van der Waals surface area (Å²) in [6.07, 6.45) is 2.84. The van der Waals surface area contributed by atoms with Gasteiger partial charge in [-0.3, -0.25) is 4.79 Å². The maximum Gasteiger partial charge on any atom is 0.219 e. The van der Waals surface area contributed by atoms with Crippen LogP contribution >= 0.6 is 15.9 Å². The van der Waals surface area contributed by atoms with E-state index in [9.17, 15) is 4.79 Å². The number of benzene rings is 1. The zero-order chi connectivity index (χ0) is 11.5. The molecule has 0 saturated carbocycles. The maximum absolute atomic E-state index is 11.2. The molecule has 0 radical (unpaired) electrons. The van der Waals surface area contributed by atoms with Crippen LogP contribution in [0.15, 0.2) is 22.7 Å². The van der Waals surface area contributed by atoms with Crippen LogP contribution in [-0.4, -0.2) is 12.5 Å². The third kappa shape index (κ3) is 2.46. The van der Waals surface area contributed by atoms with Crippen LogP contribution in [0.4, 0.5) is 0 Å². The Morgan fingerprint density at radius 3 is 3.12 bits per heavy atom. The Balaban J connectivity index is 2.03. The molecule has 1 aliphatic carbocycles. The number of amides is 1. The lowest BCUT2D eigenvalue weighted by Gasteiger charge is -2.12. The Labute approximate surface area is 105 Å². The zero-order valence-electron chi connectivity index (χ0n) is 9.42. The summed E-state index contributed by atoms with van der Waals surface area (Å²) >= 11 is 3.49. The molecule has 0 fully saturated rings. The van der Waals surface area contributed by atoms with Crippen LogP contribution in [0.1, 0.15) is 36.8 Å². The molecular formula is C13H16BrNO. The van der Waals surface area contributed by atoms with Crippen LogP contribution in [0.25, 0.3) is 0 Å². The van der Waals surface area contributed by atoms with Crippen molar-refractivity contribution in [3.63, 3.8) is 0 Å². The monoisotopic (exact) mass is 281 g/mol. The molecule has 1 amide bonds. The van der Waals surface area contributed by atoms with Crippen LogP contribution < -0.4 is 5.32 Å². The predicted molar refractivity (Wildman–Crippen MR) is 68.5 cm³/mol. The van der Waals surface area contributed by atoms with Gasteiger partial charge in [-0.25, -0.2) is 0 Å². The standard InChI is InChI=1S/C13H16BrNO/c1-2-13(16)15-8-10-4-3-9-7-11(14)5-6-12(9)10/h5-7,10H,2-4,8H2,1H3,(H,15,16). The lowest BCUT2D eigenvalue weighted by Crippen LogP contribution is -2.26. The third-order valence-electron chi connectivity index (χ3n) is 3.17. The molecule has 0 saturated heterocycles. The molecule has 1 aromatic carbocycles. The van der Waals surface area contributed by atoms with Gasteiger partial charge in [0.2, 0.25) is 5.91 Å². The number of hydrogen-bond acceptors (Lipinski definition) is 1. The molecule has 0 aliphatic heterocycles. The van der Waals surface area contributed by atoms with E-state index in [1.54, 1.807) is 0 Å². The minimum Gasteiger partial charge on any atom is -0.356 e. The number of nitrogens with one attached hydrogen (secondary N) is 1. The molecule has 1 aliphatic rings. The fourth-order valence-corrected chi connectivity index (χ4v) is 2.66. The third-order valence-corrected chi connectivity index (χ3v) is 3.67. The van der Waals surface area contributed by atoms with E-state index < -0.39 is 0 Å². The van der Waals surface area contributed by atoms with Crippen molar-refractivity contribution in [1.29, 1.82) is 0 Å². The lowest BCUT2D eigenvalue weighted by molar-refractivity contribution is -0.120. The van der Waals surface area contributed by atoms with E-state index >= 15 is 0 Å². The molecule has 1 atom stereocenters. The van der Waals surface area contributed by atoms with Gasteiger partial charge < -0.3 is 5.32 Å². The average Bonchev–Trinajstić information content (AvgIpc) is 2.68. The minimum absolute atomic E-state index is 0.144. The molecule has 3 heteroatoms. The van der Waals surface area contributed by atoms with E-state index in [0.717, 1.165) is 23.9 Å². The highest BCUT2D eigenvalue weighted by atomic mass is 79.9. The quantitative estimate of drug-likeness (QED) is 0.907. The Morgan fingerprint density at radius 2 is 2.38 bits per heavy atom. The average molecular weight is 282 g/mol. The number of rotatable bonds is 3. The number of carbonyl (C=O) groups is 1. The highest BCUT2D eigenvalue weighted by Gasteiger charge is 2.22. The largest absolute Gasteiger partial charge is 0.356 e. The first-order valence-corrected chi connectivity index (χ1v) is 6.55. The van der Waals surface area contributed by atoms with Crippen molar-refractivity contribution in [2.24, 2.45) is 0 Å². The van der Waals surface area contributed by atoms with Crippen molar-refractivity contribution < 1.29 is 4.79 Å². The van der Waals surface area contributed by atoms with Crippen LogP contribution in [0.3, 0.4) is 0 Å². The van der Waals surface area contributed by atoms with Gasteiger partial charge in [0.15, 0.2) is 0 Å². The minimum atomic E-state index is 0.144. The van der Waals surface area contributed by atoms with Gasteiger partial charge in [-0.05, 0) is 36.1 Å². The summed E-state index contributed by atoms with van der Waals surface area (Å²) in [4.78, 5) is 11.2. The first kappa shape index (κ1) is 11.6.